The van der Waals surface area contributed by atoms with Crippen LogP contribution in [0.5, 0.6) is 0 Å². The summed E-state index contributed by atoms with van der Waals surface area (Å²) in [5.74, 6) is -0.659. The number of rotatable bonds is 0. The molecule has 0 aliphatic heterocycles. The van der Waals surface area contributed by atoms with Crippen LogP contribution in [-0.2, 0) is 17.6 Å². The van der Waals surface area contributed by atoms with Crippen LogP contribution < -0.4 is 0 Å². The van der Waals surface area contributed by atoms with Gasteiger partial charge in [-0.1, -0.05) is 29.4 Å². The number of hydrogen-bond donors (Lipinski definition) is 0. The van der Waals surface area contributed by atoms with E-state index in [-0.39, 0.29) is 12.2 Å². The van der Waals surface area contributed by atoms with Crippen LogP contribution in [0.1, 0.15) is 11.3 Å². The molecule has 0 N–H and O–H groups in total. The van der Waals surface area contributed by atoms with Crippen molar-refractivity contribution in [2.24, 2.45) is 0 Å². The van der Waals surface area contributed by atoms with E-state index in [9.17, 15) is 9.18 Å². The van der Waals surface area contributed by atoms with E-state index in [2.05, 4.69) is 15.4 Å². The average Bonchev–Trinajstić information content (AvgIpc) is 2.44. The number of nitrogens with zero attached hydrogens (tertiary/aromatic N) is 3. The molecule has 1 aromatic carbocycles. The van der Waals surface area contributed by atoms with Crippen LogP contribution in [0.25, 0.3) is 11.1 Å². The van der Waals surface area contributed by atoms with Crippen molar-refractivity contribution < 1.29 is 9.18 Å². The summed E-state index contributed by atoms with van der Waals surface area (Å²) in [6, 6.07) is 7.23. The topological polar surface area (TPSA) is 55.7 Å². The molecule has 1 heterocycles. The standard InChI is InChI=1S/C12H8FN3O/c13-12-11-9-4-2-1-3-7(9)5-8(17)6-10(11)14-16-15-12/h1-4H,5-6H2. The SMILES string of the molecule is O=C1Cc2ccccc2-c2c(F)nnnc2C1. The predicted molar refractivity (Wildman–Crippen MR) is 57.6 cm³/mol. The maximum atomic E-state index is 13.7. The van der Waals surface area contributed by atoms with Gasteiger partial charge in [0.1, 0.15) is 5.78 Å². The van der Waals surface area contributed by atoms with Crippen LogP contribution in [0, 0.1) is 5.95 Å². The van der Waals surface area contributed by atoms with Gasteiger partial charge in [-0.15, -0.1) is 5.10 Å². The van der Waals surface area contributed by atoms with Crippen LogP contribution in [0.15, 0.2) is 24.3 Å². The molecule has 2 aromatic rings. The summed E-state index contributed by atoms with van der Waals surface area (Å²) >= 11 is 0. The number of halogens is 1. The molecule has 0 saturated heterocycles. The van der Waals surface area contributed by atoms with E-state index in [0.29, 0.717) is 23.2 Å². The molecule has 17 heavy (non-hydrogen) atoms. The lowest BCUT2D eigenvalue weighted by Crippen LogP contribution is -2.07. The predicted octanol–water partition coefficient (Wildman–Crippen LogP) is 1.35. The van der Waals surface area contributed by atoms with Crippen molar-refractivity contribution >= 4 is 5.78 Å². The normalized spacial score (nSPS) is 13.8. The number of Topliss-reactive ketones (excluding diaryl/α,β-unsaturated/α-hetero) is 1. The summed E-state index contributed by atoms with van der Waals surface area (Å²) in [6.07, 6.45) is 0.405. The van der Waals surface area contributed by atoms with Gasteiger partial charge < -0.3 is 0 Å². The first kappa shape index (κ1) is 10.0. The Hall–Kier alpha value is -2.17. The second kappa shape index (κ2) is 3.69. The monoisotopic (exact) mass is 229 g/mol. The Bertz CT molecular complexity index is 612. The van der Waals surface area contributed by atoms with Gasteiger partial charge in [-0.25, -0.2) is 0 Å². The maximum absolute atomic E-state index is 13.7. The lowest BCUT2D eigenvalue weighted by Gasteiger charge is -2.06. The first-order valence-corrected chi connectivity index (χ1v) is 5.23. The molecular weight excluding hydrogens is 221 g/mol. The van der Waals surface area contributed by atoms with Gasteiger partial charge in [0.15, 0.2) is 0 Å². The summed E-state index contributed by atoms with van der Waals surface area (Å²) in [5, 5.41) is 10.4. The van der Waals surface area contributed by atoms with E-state index in [4.69, 9.17) is 0 Å². The summed E-state index contributed by atoms with van der Waals surface area (Å²) < 4.78 is 13.7. The summed E-state index contributed by atoms with van der Waals surface area (Å²) in [6.45, 7) is 0. The number of ketones is 1. The number of carbonyl (C=O) groups excluding carboxylic acids is 1. The summed E-state index contributed by atoms with van der Waals surface area (Å²) in [5.41, 5.74) is 2.17. The Morgan fingerprint density at radius 2 is 1.94 bits per heavy atom. The number of benzene rings is 1. The summed E-state index contributed by atoms with van der Waals surface area (Å²) in [4.78, 5) is 11.7. The Labute approximate surface area is 96.5 Å². The van der Waals surface area contributed by atoms with Crippen LogP contribution >= 0.6 is 0 Å². The zero-order chi connectivity index (χ0) is 11.8. The average molecular weight is 229 g/mol. The Balaban J connectivity index is 2.35. The number of hydrogen-bond acceptors (Lipinski definition) is 4. The van der Waals surface area contributed by atoms with E-state index >= 15 is 0 Å². The molecule has 3 rings (SSSR count). The smallest absolute Gasteiger partial charge is 0.244 e. The van der Waals surface area contributed by atoms with Gasteiger partial charge in [0.2, 0.25) is 5.95 Å². The quantitative estimate of drug-likeness (QED) is 0.684. The van der Waals surface area contributed by atoms with Crippen LogP contribution in [0.2, 0.25) is 0 Å². The molecule has 4 nitrogen and oxygen atoms in total. The van der Waals surface area contributed by atoms with Gasteiger partial charge in [-0.2, -0.15) is 4.39 Å². The first-order chi connectivity index (χ1) is 8.25. The van der Waals surface area contributed by atoms with Crippen molar-refractivity contribution in [3.63, 3.8) is 0 Å². The first-order valence-electron chi connectivity index (χ1n) is 5.23. The molecule has 0 radical (unpaired) electrons. The van der Waals surface area contributed by atoms with Crippen LogP contribution in [0.4, 0.5) is 4.39 Å². The van der Waals surface area contributed by atoms with Gasteiger partial charge in [-0.3, -0.25) is 4.79 Å². The van der Waals surface area contributed by atoms with E-state index in [1.54, 1.807) is 12.1 Å². The van der Waals surface area contributed by atoms with Crippen LogP contribution in [0.3, 0.4) is 0 Å². The highest BCUT2D eigenvalue weighted by atomic mass is 19.1. The highest BCUT2D eigenvalue weighted by molar-refractivity contribution is 5.89. The van der Waals surface area contributed by atoms with Crippen molar-refractivity contribution in [1.29, 1.82) is 0 Å². The van der Waals surface area contributed by atoms with E-state index in [0.717, 1.165) is 5.56 Å². The molecule has 0 bridgehead atoms. The molecule has 1 aliphatic carbocycles. The largest absolute Gasteiger partial charge is 0.299 e. The van der Waals surface area contributed by atoms with Gasteiger partial charge in [0, 0.05) is 6.42 Å². The van der Waals surface area contributed by atoms with Crippen molar-refractivity contribution in [2.45, 2.75) is 12.8 Å². The molecule has 0 fully saturated rings. The highest BCUT2D eigenvalue weighted by Gasteiger charge is 2.23. The maximum Gasteiger partial charge on any atom is 0.244 e. The third kappa shape index (κ3) is 1.60. The zero-order valence-corrected chi connectivity index (χ0v) is 8.85. The fourth-order valence-electron chi connectivity index (χ4n) is 2.11. The second-order valence-corrected chi connectivity index (χ2v) is 3.95. The minimum absolute atomic E-state index is 0.0103. The fourth-order valence-corrected chi connectivity index (χ4v) is 2.11. The molecule has 0 unspecified atom stereocenters. The summed E-state index contributed by atoms with van der Waals surface area (Å²) in [7, 11) is 0. The molecule has 0 spiro atoms. The second-order valence-electron chi connectivity index (χ2n) is 3.95. The number of carbonyl (C=O) groups is 1. The molecule has 84 valence electrons. The molecule has 1 aromatic heterocycles. The van der Waals surface area contributed by atoms with Gasteiger partial charge in [0.25, 0.3) is 0 Å². The molecule has 0 atom stereocenters. The zero-order valence-electron chi connectivity index (χ0n) is 8.85. The lowest BCUT2D eigenvalue weighted by molar-refractivity contribution is -0.117. The van der Waals surface area contributed by atoms with Gasteiger partial charge >= 0.3 is 0 Å². The Kier molecular flexibility index (Phi) is 2.18. The molecular formula is C12H8FN3O. The Morgan fingerprint density at radius 1 is 1.12 bits per heavy atom. The van der Waals surface area contributed by atoms with Crippen molar-refractivity contribution in [3.8, 4) is 11.1 Å². The fraction of sp³-hybridized carbons (Fsp3) is 0.167. The molecule has 1 aliphatic rings. The van der Waals surface area contributed by atoms with Gasteiger partial charge in [0.05, 0.1) is 17.7 Å². The van der Waals surface area contributed by atoms with Crippen molar-refractivity contribution in [2.75, 3.05) is 0 Å². The van der Waals surface area contributed by atoms with E-state index in [1.165, 1.54) is 0 Å². The molecule has 5 heteroatoms. The van der Waals surface area contributed by atoms with Crippen LogP contribution in [-0.4, -0.2) is 21.2 Å². The lowest BCUT2D eigenvalue weighted by atomic mass is 10.0. The third-order valence-electron chi connectivity index (χ3n) is 2.83. The van der Waals surface area contributed by atoms with Crippen molar-refractivity contribution in [1.82, 2.24) is 15.4 Å². The minimum atomic E-state index is -0.669. The van der Waals surface area contributed by atoms with Crippen molar-refractivity contribution in [3.05, 3.63) is 41.5 Å². The highest BCUT2D eigenvalue weighted by Crippen LogP contribution is 2.30. The van der Waals surface area contributed by atoms with E-state index < -0.39 is 5.95 Å². The molecule has 0 saturated carbocycles. The number of aromatic nitrogens is 3. The molecule has 0 amide bonds. The Morgan fingerprint density at radius 3 is 2.82 bits per heavy atom. The third-order valence-corrected chi connectivity index (χ3v) is 2.83. The minimum Gasteiger partial charge on any atom is -0.299 e. The van der Waals surface area contributed by atoms with E-state index in [1.807, 2.05) is 12.1 Å². The van der Waals surface area contributed by atoms with Gasteiger partial charge in [-0.05, 0) is 16.3 Å². The number of fused-ring (bicyclic) bond motifs is 3.